The van der Waals surface area contributed by atoms with Crippen LogP contribution in [-0.4, -0.2) is 51.9 Å². The summed E-state index contributed by atoms with van der Waals surface area (Å²) >= 11 is 0. The zero-order valence-corrected chi connectivity index (χ0v) is 20.2. The lowest BCUT2D eigenvalue weighted by atomic mass is 10.1. The zero-order chi connectivity index (χ0) is 23.1. The summed E-state index contributed by atoms with van der Waals surface area (Å²) < 4.78 is 28.3. The average Bonchev–Trinajstić information content (AvgIpc) is 2.78. The largest absolute Gasteiger partial charge is 0.354 e. The van der Waals surface area contributed by atoms with Crippen LogP contribution < -0.4 is 9.62 Å². The normalized spacial score (nSPS) is 14.8. The number of rotatable bonds is 9. The predicted molar refractivity (Wildman–Crippen MR) is 130 cm³/mol. The van der Waals surface area contributed by atoms with Crippen molar-refractivity contribution < 1.29 is 13.2 Å². The van der Waals surface area contributed by atoms with Gasteiger partial charge in [-0.2, -0.15) is 0 Å². The zero-order valence-electron chi connectivity index (χ0n) is 19.4. The van der Waals surface area contributed by atoms with Crippen LogP contribution in [0.5, 0.6) is 0 Å². The van der Waals surface area contributed by atoms with Gasteiger partial charge in [-0.05, 0) is 89.0 Å². The Labute approximate surface area is 192 Å². The van der Waals surface area contributed by atoms with E-state index in [1.807, 2.05) is 39.0 Å². The number of hydrogen-bond donors (Lipinski definition) is 1. The van der Waals surface area contributed by atoms with E-state index >= 15 is 0 Å². The molecule has 1 aliphatic heterocycles. The summed E-state index contributed by atoms with van der Waals surface area (Å²) in [7, 11) is -3.89. The van der Waals surface area contributed by atoms with Crippen LogP contribution in [0, 0.1) is 20.8 Å². The predicted octanol–water partition coefficient (Wildman–Crippen LogP) is 3.80. The fourth-order valence-corrected chi connectivity index (χ4v) is 5.50. The van der Waals surface area contributed by atoms with Crippen molar-refractivity contribution in [2.75, 3.05) is 37.0 Å². The first kappa shape index (κ1) is 24.3. The molecule has 0 bridgehead atoms. The second kappa shape index (κ2) is 11.0. The van der Waals surface area contributed by atoms with Crippen molar-refractivity contribution in [3.63, 3.8) is 0 Å². The number of amides is 1. The highest BCUT2D eigenvalue weighted by molar-refractivity contribution is 7.92. The number of carbonyl (C=O) groups excluding carboxylic acids is 1. The lowest BCUT2D eigenvalue weighted by Gasteiger charge is -2.27. The highest BCUT2D eigenvalue weighted by Crippen LogP contribution is 2.28. The van der Waals surface area contributed by atoms with E-state index in [4.69, 9.17) is 0 Å². The highest BCUT2D eigenvalue weighted by atomic mass is 32.2. The molecule has 1 saturated heterocycles. The molecule has 1 amide bonds. The fourth-order valence-electron chi connectivity index (χ4n) is 4.03. The Morgan fingerprint density at radius 2 is 1.62 bits per heavy atom. The van der Waals surface area contributed by atoms with Crippen LogP contribution in [0.1, 0.15) is 42.4 Å². The Balaban J connectivity index is 1.73. The number of benzene rings is 2. The number of likely N-dealkylation sites (tertiary alicyclic amines) is 1. The average molecular weight is 458 g/mol. The van der Waals surface area contributed by atoms with Gasteiger partial charge in [0, 0.05) is 6.54 Å². The van der Waals surface area contributed by atoms with Crippen molar-refractivity contribution >= 4 is 21.6 Å². The summed E-state index contributed by atoms with van der Waals surface area (Å²) in [5.74, 6) is -0.291. The molecule has 2 aromatic rings. The Hall–Kier alpha value is -2.38. The van der Waals surface area contributed by atoms with E-state index in [0.717, 1.165) is 42.7 Å². The number of nitrogens with one attached hydrogen (secondary N) is 1. The van der Waals surface area contributed by atoms with Gasteiger partial charge in [0.05, 0.1) is 10.6 Å². The molecule has 174 valence electrons. The van der Waals surface area contributed by atoms with Crippen molar-refractivity contribution in [2.24, 2.45) is 0 Å². The number of anilines is 1. The lowest BCUT2D eigenvalue weighted by Crippen LogP contribution is -2.42. The van der Waals surface area contributed by atoms with E-state index in [-0.39, 0.29) is 17.3 Å². The second-order valence-electron chi connectivity index (χ2n) is 8.72. The first-order chi connectivity index (χ1) is 15.3. The third kappa shape index (κ3) is 6.33. The minimum absolute atomic E-state index is 0.182. The smallest absolute Gasteiger partial charge is 0.264 e. The van der Waals surface area contributed by atoms with Crippen LogP contribution in [0.25, 0.3) is 0 Å². The van der Waals surface area contributed by atoms with Gasteiger partial charge >= 0.3 is 0 Å². The van der Waals surface area contributed by atoms with Gasteiger partial charge in [-0.3, -0.25) is 9.10 Å². The second-order valence-corrected chi connectivity index (χ2v) is 10.6. The molecule has 3 rings (SSSR count). The van der Waals surface area contributed by atoms with Crippen LogP contribution in [0.3, 0.4) is 0 Å². The van der Waals surface area contributed by atoms with Gasteiger partial charge in [-0.1, -0.05) is 36.2 Å². The summed E-state index contributed by atoms with van der Waals surface area (Å²) in [6.45, 7) is 9.21. The molecule has 1 aliphatic rings. The minimum atomic E-state index is -3.89. The molecule has 6 nitrogen and oxygen atoms in total. The third-order valence-electron chi connectivity index (χ3n) is 5.95. The van der Waals surface area contributed by atoms with E-state index in [0.29, 0.717) is 12.2 Å². The molecule has 0 unspecified atom stereocenters. The van der Waals surface area contributed by atoms with Gasteiger partial charge in [-0.15, -0.1) is 0 Å². The van der Waals surface area contributed by atoms with Crippen molar-refractivity contribution in [3.8, 4) is 0 Å². The van der Waals surface area contributed by atoms with Gasteiger partial charge in [0.1, 0.15) is 6.54 Å². The molecule has 0 aromatic heterocycles. The van der Waals surface area contributed by atoms with Gasteiger partial charge in [0.15, 0.2) is 0 Å². The van der Waals surface area contributed by atoms with Crippen molar-refractivity contribution in [1.29, 1.82) is 0 Å². The van der Waals surface area contributed by atoms with Crippen molar-refractivity contribution in [3.05, 3.63) is 59.2 Å². The molecule has 0 saturated carbocycles. The molecule has 1 N–H and O–H groups in total. The number of aryl methyl sites for hydroxylation is 3. The number of piperidine rings is 1. The van der Waals surface area contributed by atoms with Crippen molar-refractivity contribution in [2.45, 2.75) is 51.3 Å². The molecule has 0 aliphatic carbocycles. The standard InChI is InChI=1S/C25H35N3O3S/c1-20-9-12-23(13-10-20)32(30,31)28(24-18-21(2)8-11-22(24)3)19-25(29)26-14-7-17-27-15-5-4-6-16-27/h8-13,18H,4-7,14-17,19H2,1-3H3,(H,26,29). The molecule has 0 atom stereocenters. The SMILES string of the molecule is Cc1ccc(S(=O)(=O)N(CC(=O)NCCCN2CCCCC2)c2cc(C)ccc2C)cc1. The molecule has 0 radical (unpaired) electrons. The topological polar surface area (TPSA) is 69.7 Å². The minimum Gasteiger partial charge on any atom is -0.354 e. The molecule has 1 heterocycles. The molecule has 1 fully saturated rings. The van der Waals surface area contributed by atoms with E-state index in [2.05, 4.69) is 10.2 Å². The molecule has 0 spiro atoms. The van der Waals surface area contributed by atoms with E-state index in [1.54, 1.807) is 24.3 Å². The maximum absolute atomic E-state index is 13.5. The molecular weight excluding hydrogens is 422 g/mol. The summed E-state index contributed by atoms with van der Waals surface area (Å²) in [4.78, 5) is 15.4. The first-order valence-corrected chi connectivity index (χ1v) is 12.9. The Bertz CT molecular complexity index is 1010. The number of sulfonamides is 1. The van der Waals surface area contributed by atoms with E-state index < -0.39 is 10.0 Å². The number of nitrogens with zero attached hydrogens (tertiary/aromatic N) is 2. The van der Waals surface area contributed by atoms with Crippen LogP contribution in [0.2, 0.25) is 0 Å². The summed E-state index contributed by atoms with van der Waals surface area (Å²) in [6, 6.07) is 12.4. The maximum Gasteiger partial charge on any atom is 0.264 e. The lowest BCUT2D eigenvalue weighted by molar-refractivity contribution is -0.119. The summed E-state index contributed by atoms with van der Waals surface area (Å²) in [6.07, 6.45) is 4.65. The monoisotopic (exact) mass is 457 g/mol. The van der Waals surface area contributed by atoms with Crippen LogP contribution in [0.4, 0.5) is 5.69 Å². The van der Waals surface area contributed by atoms with Crippen LogP contribution in [0.15, 0.2) is 47.4 Å². The van der Waals surface area contributed by atoms with Gasteiger partial charge in [0.2, 0.25) is 5.91 Å². The fraction of sp³-hybridized carbons (Fsp3) is 0.480. The molecule has 2 aromatic carbocycles. The quantitative estimate of drug-likeness (QED) is 0.582. The molecule has 7 heteroatoms. The Morgan fingerprint density at radius 1 is 0.969 bits per heavy atom. The van der Waals surface area contributed by atoms with E-state index in [9.17, 15) is 13.2 Å². The maximum atomic E-state index is 13.5. The number of hydrogen-bond acceptors (Lipinski definition) is 4. The van der Waals surface area contributed by atoms with Gasteiger partial charge < -0.3 is 10.2 Å². The number of carbonyl (C=O) groups is 1. The summed E-state index contributed by atoms with van der Waals surface area (Å²) in [5.41, 5.74) is 3.27. The van der Waals surface area contributed by atoms with Gasteiger partial charge in [-0.25, -0.2) is 8.42 Å². The van der Waals surface area contributed by atoms with Crippen LogP contribution in [-0.2, 0) is 14.8 Å². The highest BCUT2D eigenvalue weighted by Gasteiger charge is 2.28. The summed E-state index contributed by atoms with van der Waals surface area (Å²) in [5, 5.41) is 2.92. The first-order valence-electron chi connectivity index (χ1n) is 11.4. The van der Waals surface area contributed by atoms with Gasteiger partial charge in [0.25, 0.3) is 10.0 Å². The molecular formula is C25H35N3O3S. The Morgan fingerprint density at radius 3 is 2.31 bits per heavy atom. The van der Waals surface area contributed by atoms with Crippen LogP contribution >= 0.6 is 0 Å². The third-order valence-corrected chi connectivity index (χ3v) is 7.73. The molecule has 32 heavy (non-hydrogen) atoms. The Kier molecular flexibility index (Phi) is 8.32. The van der Waals surface area contributed by atoms with Crippen molar-refractivity contribution in [1.82, 2.24) is 10.2 Å². The van der Waals surface area contributed by atoms with E-state index in [1.165, 1.54) is 23.6 Å².